The Kier molecular flexibility index (Phi) is 1.79. The monoisotopic (exact) mass is 140 g/mol. The first-order chi connectivity index (χ1) is 4.66. The first kappa shape index (κ1) is 7.32. The number of carbonyl (C=O) groups excluding carboxylic acids is 1. The van der Waals surface area contributed by atoms with Gasteiger partial charge in [-0.15, -0.1) is 0 Å². The van der Waals surface area contributed by atoms with Gasteiger partial charge in [-0.1, -0.05) is 13.8 Å². The van der Waals surface area contributed by atoms with Crippen LogP contribution in [0, 0.1) is 5.92 Å². The Morgan fingerprint density at radius 1 is 1.70 bits per heavy atom. The van der Waals surface area contributed by atoms with Gasteiger partial charge in [0.15, 0.2) is 11.5 Å². The van der Waals surface area contributed by atoms with E-state index in [-0.39, 0.29) is 17.5 Å². The van der Waals surface area contributed by atoms with E-state index in [0.717, 1.165) is 18.4 Å². The van der Waals surface area contributed by atoms with Gasteiger partial charge in [-0.2, -0.15) is 0 Å². The Bertz CT molecular complexity index is 191. The van der Waals surface area contributed by atoms with Crippen molar-refractivity contribution in [1.29, 1.82) is 0 Å². The number of Topliss-reactive ketones (excluding diaryl/α,β-unsaturated/α-hetero) is 1. The summed E-state index contributed by atoms with van der Waals surface area (Å²) in [6.45, 7) is 3.80. The van der Waals surface area contributed by atoms with Crippen LogP contribution >= 0.6 is 0 Å². The maximum Gasteiger partial charge on any atom is 0.200 e. The van der Waals surface area contributed by atoms with Crippen LogP contribution < -0.4 is 0 Å². The van der Waals surface area contributed by atoms with E-state index >= 15 is 0 Å². The summed E-state index contributed by atoms with van der Waals surface area (Å²) in [5.74, 6) is -0.0539. The average molecular weight is 140 g/mol. The molecule has 56 valence electrons. The Morgan fingerprint density at radius 2 is 2.30 bits per heavy atom. The van der Waals surface area contributed by atoms with Crippen molar-refractivity contribution in [3.63, 3.8) is 0 Å². The maximum absolute atomic E-state index is 11.0. The van der Waals surface area contributed by atoms with Crippen molar-refractivity contribution in [2.75, 3.05) is 0 Å². The molecule has 1 aliphatic carbocycles. The summed E-state index contributed by atoms with van der Waals surface area (Å²) in [6.07, 6.45) is 1.54. The van der Waals surface area contributed by atoms with E-state index in [1.165, 1.54) is 0 Å². The summed E-state index contributed by atoms with van der Waals surface area (Å²) in [5.41, 5.74) is 0.914. The van der Waals surface area contributed by atoms with Crippen molar-refractivity contribution < 1.29 is 9.90 Å². The molecular weight excluding hydrogens is 128 g/mol. The highest BCUT2D eigenvalue weighted by Gasteiger charge is 2.27. The highest BCUT2D eigenvalue weighted by Crippen LogP contribution is 2.27. The van der Waals surface area contributed by atoms with Crippen LogP contribution in [0.25, 0.3) is 0 Å². The van der Waals surface area contributed by atoms with Gasteiger partial charge < -0.3 is 5.11 Å². The zero-order valence-corrected chi connectivity index (χ0v) is 6.35. The van der Waals surface area contributed by atoms with Gasteiger partial charge in [-0.05, 0) is 18.4 Å². The van der Waals surface area contributed by atoms with Crippen LogP contribution in [0.5, 0.6) is 0 Å². The van der Waals surface area contributed by atoms with Crippen molar-refractivity contribution in [2.45, 2.75) is 26.7 Å². The van der Waals surface area contributed by atoms with Crippen LogP contribution in [0.1, 0.15) is 26.7 Å². The van der Waals surface area contributed by atoms with E-state index in [1.807, 2.05) is 13.8 Å². The molecule has 1 rings (SSSR count). The maximum atomic E-state index is 11.0. The fraction of sp³-hybridized carbons (Fsp3) is 0.625. The normalized spacial score (nSPS) is 26.2. The molecular formula is C8H12O2. The molecule has 0 fully saturated rings. The number of hydrogen-bond acceptors (Lipinski definition) is 2. The van der Waals surface area contributed by atoms with E-state index in [4.69, 9.17) is 5.11 Å². The van der Waals surface area contributed by atoms with Gasteiger partial charge in [0.1, 0.15) is 0 Å². The first-order valence-electron chi connectivity index (χ1n) is 3.62. The number of ketones is 1. The second-order valence-electron chi connectivity index (χ2n) is 2.78. The van der Waals surface area contributed by atoms with Gasteiger partial charge in [0, 0.05) is 5.92 Å². The molecule has 0 bridgehead atoms. The van der Waals surface area contributed by atoms with Gasteiger partial charge in [-0.25, -0.2) is 0 Å². The number of aliphatic hydroxyl groups is 1. The van der Waals surface area contributed by atoms with Crippen LogP contribution in [0.2, 0.25) is 0 Å². The van der Waals surface area contributed by atoms with Gasteiger partial charge in [0.2, 0.25) is 0 Å². The minimum atomic E-state index is -0.0862. The van der Waals surface area contributed by atoms with Gasteiger partial charge in [-0.3, -0.25) is 4.79 Å². The molecule has 0 aromatic carbocycles. The molecule has 0 saturated carbocycles. The zero-order valence-electron chi connectivity index (χ0n) is 6.35. The molecule has 1 aliphatic rings. The molecule has 0 aromatic rings. The third-order valence-corrected chi connectivity index (χ3v) is 2.00. The summed E-state index contributed by atoms with van der Waals surface area (Å²) in [7, 11) is 0. The number of aliphatic hydroxyl groups excluding tert-OH is 1. The second kappa shape index (κ2) is 2.45. The molecule has 2 heteroatoms. The smallest absolute Gasteiger partial charge is 0.200 e. The lowest BCUT2D eigenvalue weighted by molar-refractivity contribution is -0.120. The number of rotatable bonds is 1. The second-order valence-corrected chi connectivity index (χ2v) is 2.78. The van der Waals surface area contributed by atoms with Crippen molar-refractivity contribution in [3.05, 3.63) is 11.3 Å². The van der Waals surface area contributed by atoms with Gasteiger partial charge >= 0.3 is 0 Å². The van der Waals surface area contributed by atoms with Crippen LogP contribution in [0.4, 0.5) is 0 Å². The number of carbonyl (C=O) groups is 1. The third-order valence-electron chi connectivity index (χ3n) is 2.00. The van der Waals surface area contributed by atoms with Crippen LogP contribution in [0.3, 0.4) is 0 Å². The summed E-state index contributed by atoms with van der Waals surface area (Å²) in [4.78, 5) is 11.0. The zero-order chi connectivity index (χ0) is 7.72. The lowest BCUT2D eigenvalue weighted by Crippen LogP contribution is -2.04. The first-order valence-corrected chi connectivity index (χ1v) is 3.62. The Labute approximate surface area is 60.6 Å². The molecule has 0 aliphatic heterocycles. The fourth-order valence-corrected chi connectivity index (χ4v) is 1.28. The van der Waals surface area contributed by atoms with Crippen molar-refractivity contribution in [3.8, 4) is 0 Å². The molecule has 0 aromatic heterocycles. The molecule has 1 N–H and O–H groups in total. The number of allylic oxidation sites excluding steroid dienone is 2. The topological polar surface area (TPSA) is 37.3 Å². The minimum Gasteiger partial charge on any atom is -0.504 e. The van der Waals surface area contributed by atoms with Crippen LogP contribution in [-0.4, -0.2) is 10.9 Å². The lowest BCUT2D eigenvalue weighted by atomic mass is 10.1. The van der Waals surface area contributed by atoms with Crippen molar-refractivity contribution in [2.24, 2.45) is 5.92 Å². The number of hydrogen-bond donors (Lipinski definition) is 1. The Balaban J connectivity index is 2.83. The standard InChI is InChI=1S/C8H12O2/c1-3-6-4-5(2)7(9)8(6)10/h5,10H,3-4H2,1-2H3. The Hall–Kier alpha value is -0.790. The molecule has 1 unspecified atom stereocenters. The summed E-state index contributed by atoms with van der Waals surface area (Å²) < 4.78 is 0. The van der Waals surface area contributed by atoms with Crippen LogP contribution in [-0.2, 0) is 4.79 Å². The third kappa shape index (κ3) is 0.939. The fourth-order valence-electron chi connectivity index (χ4n) is 1.28. The van der Waals surface area contributed by atoms with Gasteiger partial charge in [0.05, 0.1) is 0 Å². The predicted octanol–water partition coefficient (Wildman–Crippen LogP) is 1.82. The molecule has 0 spiro atoms. The quantitative estimate of drug-likeness (QED) is 0.603. The van der Waals surface area contributed by atoms with Crippen LogP contribution in [0.15, 0.2) is 11.3 Å². The SMILES string of the molecule is CCC1=C(O)C(=O)C(C)C1. The largest absolute Gasteiger partial charge is 0.504 e. The summed E-state index contributed by atoms with van der Waals surface area (Å²) in [6, 6.07) is 0. The Morgan fingerprint density at radius 3 is 2.50 bits per heavy atom. The van der Waals surface area contributed by atoms with E-state index in [1.54, 1.807) is 0 Å². The van der Waals surface area contributed by atoms with E-state index in [0.29, 0.717) is 0 Å². The molecule has 0 amide bonds. The van der Waals surface area contributed by atoms with E-state index in [2.05, 4.69) is 0 Å². The highest BCUT2D eigenvalue weighted by molar-refractivity contribution is 5.98. The molecule has 0 heterocycles. The average Bonchev–Trinajstić information content (AvgIpc) is 2.17. The summed E-state index contributed by atoms with van der Waals surface area (Å²) >= 11 is 0. The predicted molar refractivity (Wildman–Crippen MR) is 38.7 cm³/mol. The van der Waals surface area contributed by atoms with Crippen molar-refractivity contribution in [1.82, 2.24) is 0 Å². The molecule has 2 nitrogen and oxygen atoms in total. The highest BCUT2D eigenvalue weighted by atomic mass is 16.3. The summed E-state index contributed by atoms with van der Waals surface area (Å²) in [5, 5.41) is 9.16. The van der Waals surface area contributed by atoms with E-state index < -0.39 is 0 Å². The van der Waals surface area contributed by atoms with E-state index in [9.17, 15) is 4.79 Å². The van der Waals surface area contributed by atoms with Gasteiger partial charge in [0.25, 0.3) is 0 Å². The molecule has 0 saturated heterocycles. The minimum absolute atomic E-state index is 0.00921. The molecule has 0 radical (unpaired) electrons. The lowest BCUT2D eigenvalue weighted by Gasteiger charge is -1.95. The molecule has 1 atom stereocenters. The molecule has 10 heavy (non-hydrogen) atoms. The van der Waals surface area contributed by atoms with Crippen molar-refractivity contribution >= 4 is 5.78 Å².